The topological polar surface area (TPSA) is 38.8 Å². The second-order valence-corrected chi connectivity index (χ2v) is 5.79. The molecule has 106 valence electrons. The standard InChI is InChI=1S/C14H21NO3S/c1-10(6-11-4-5-19-9-11)15-8-12(17-2)7-13(15)14(16)18-3/h4-5,9-10,12-13H,6-8H2,1-3H3/t10-,12-,13-/m0/s1. The average molecular weight is 283 g/mol. The second-order valence-electron chi connectivity index (χ2n) is 5.01. The van der Waals surface area contributed by atoms with Gasteiger partial charge in [-0.05, 0) is 35.7 Å². The third-order valence-electron chi connectivity index (χ3n) is 3.78. The Morgan fingerprint density at radius 2 is 2.37 bits per heavy atom. The summed E-state index contributed by atoms with van der Waals surface area (Å²) in [6.45, 7) is 2.95. The summed E-state index contributed by atoms with van der Waals surface area (Å²) in [4.78, 5) is 14.1. The fourth-order valence-electron chi connectivity index (χ4n) is 2.71. The van der Waals surface area contributed by atoms with E-state index in [1.54, 1.807) is 18.4 Å². The van der Waals surface area contributed by atoms with Crippen molar-refractivity contribution in [1.29, 1.82) is 0 Å². The Morgan fingerprint density at radius 3 is 2.95 bits per heavy atom. The Hall–Kier alpha value is -0.910. The van der Waals surface area contributed by atoms with E-state index < -0.39 is 0 Å². The Balaban J connectivity index is 2.04. The molecule has 1 aromatic heterocycles. The van der Waals surface area contributed by atoms with E-state index >= 15 is 0 Å². The Kier molecular flexibility index (Phi) is 4.96. The molecule has 2 rings (SSSR count). The Labute approximate surface area is 118 Å². The van der Waals surface area contributed by atoms with E-state index in [0.717, 1.165) is 19.4 Å². The summed E-state index contributed by atoms with van der Waals surface area (Å²) in [5.74, 6) is -0.156. The van der Waals surface area contributed by atoms with Crippen molar-refractivity contribution in [3.63, 3.8) is 0 Å². The summed E-state index contributed by atoms with van der Waals surface area (Å²) >= 11 is 1.71. The third-order valence-corrected chi connectivity index (χ3v) is 4.52. The van der Waals surface area contributed by atoms with E-state index in [0.29, 0.717) is 6.04 Å². The molecule has 0 radical (unpaired) electrons. The lowest BCUT2D eigenvalue weighted by molar-refractivity contribution is -0.146. The maximum absolute atomic E-state index is 11.9. The number of carbonyl (C=O) groups is 1. The molecule has 1 aliphatic rings. The first-order chi connectivity index (χ1) is 9.15. The van der Waals surface area contributed by atoms with Crippen LogP contribution in [0.3, 0.4) is 0 Å². The molecule has 2 heterocycles. The van der Waals surface area contributed by atoms with Crippen LogP contribution in [0.5, 0.6) is 0 Å². The van der Waals surface area contributed by atoms with Crippen LogP contribution in [0.25, 0.3) is 0 Å². The van der Waals surface area contributed by atoms with Crippen molar-refractivity contribution >= 4 is 17.3 Å². The molecule has 1 aromatic rings. The van der Waals surface area contributed by atoms with Gasteiger partial charge < -0.3 is 9.47 Å². The largest absolute Gasteiger partial charge is 0.468 e. The second kappa shape index (κ2) is 6.50. The predicted molar refractivity (Wildman–Crippen MR) is 75.4 cm³/mol. The highest BCUT2D eigenvalue weighted by atomic mass is 32.1. The highest BCUT2D eigenvalue weighted by Crippen LogP contribution is 2.25. The molecular weight excluding hydrogens is 262 g/mol. The lowest BCUT2D eigenvalue weighted by Crippen LogP contribution is -2.43. The maximum Gasteiger partial charge on any atom is 0.323 e. The van der Waals surface area contributed by atoms with Crippen molar-refractivity contribution in [1.82, 2.24) is 4.90 Å². The number of esters is 1. The van der Waals surface area contributed by atoms with Crippen molar-refractivity contribution in [2.75, 3.05) is 20.8 Å². The zero-order chi connectivity index (χ0) is 13.8. The first-order valence-corrected chi connectivity index (χ1v) is 7.47. The molecule has 3 atom stereocenters. The van der Waals surface area contributed by atoms with E-state index in [-0.39, 0.29) is 18.1 Å². The maximum atomic E-state index is 11.9. The number of rotatable bonds is 5. The molecule has 1 aliphatic heterocycles. The van der Waals surface area contributed by atoms with E-state index in [4.69, 9.17) is 9.47 Å². The highest BCUT2D eigenvalue weighted by Gasteiger charge is 2.39. The van der Waals surface area contributed by atoms with Crippen molar-refractivity contribution in [2.24, 2.45) is 0 Å². The fourth-order valence-corrected chi connectivity index (χ4v) is 3.40. The molecule has 0 amide bonds. The first kappa shape index (κ1) is 14.5. The summed E-state index contributed by atoms with van der Waals surface area (Å²) < 4.78 is 10.3. The summed E-state index contributed by atoms with van der Waals surface area (Å²) in [6.07, 6.45) is 1.79. The number of hydrogen-bond donors (Lipinski definition) is 0. The van der Waals surface area contributed by atoms with Crippen LogP contribution >= 0.6 is 11.3 Å². The van der Waals surface area contributed by atoms with E-state index in [1.165, 1.54) is 12.7 Å². The number of likely N-dealkylation sites (tertiary alicyclic amines) is 1. The van der Waals surface area contributed by atoms with Crippen LogP contribution in [-0.2, 0) is 20.7 Å². The van der Waals surface area contributed by atoms with Gasteiger partial charge in [0.25, 0.3) is 0 Å². The molecule has 0 N–H and O–H groups in total. The van der Waals surface area contributed by atoms with Gasteiger partial charge in [0.15, 0.2) is 0 Å². The van der Waals surface area contributed by atoms with Crippen LogP contribution in [0.15, 0.2) is 16.8 Å². The quantitative estimate of drug-likeness (QED) is 0.774. The van der Waals surface area contributed by atoms with Crippen LogP contribution in [0.2, 0.25) is 0 Å². The van der Waals surface area contributed by atoms with Gasteiger partial charge in [-0.1, -0.05) is 0 Å². The normalized spacial score (nSPS) is 25.4. The molecule has 0 spiro atoms. The molecular formula is C14H21NO3S. The Bertz CT molecular complexity index is 407. The van der Waals surface area contributed by atoms with Crippen LogP contribution in [0.1, 0.15) is 18.9 Å². The number of methoxy groups -OCH3 is 2. The lowest BCUT2D eigenvalue weighted by Gasteiger charge is -2.28. The van der Waals surface area contributed by atoms with Gasteiger partial charge in [0.2, 0.25) is 0 Å². The van der Waals surface area contributed by atoms with Gasteiger partial charge in [0.1, 0.15) is 6.04 Å². The van der Waals surface area contributed by atoms with Gasteiger partial charge in [0.05, 0.1) is 13.2 Å². The van der Waals surface area contributed by atoms with Gasteiger partial charge in [-0.15, -0.1) is 0 Å². The van der Waals surface area contributed by atoms with Crippen molar-refractivity contribution in [3.05, 3.63) is 22.4 Å². The van der Waals surface area contributed by atoms with Crippen molar-refractivity contribution < 1.29 is 14.3 Å². The van der Waals surface area contributed by atoms with Gasteiger partial charge >= 0.3 is 5.97 Å². The van der Waals surface area contributed by atoms with E-state index in [1.807, 2.05) is 0 Å². The predicted octanol–water partition coefficient (Wildman–Crippen LogP) is 1.94. The number of carbonyl (C=O) groups excluding carboxylic acids is 1. The number of hydrogen-bond acceptors (Lipinski definition) is 5. The van der Waals surface area contributed by atoms with Gasteiger partial charge in [0, 0.05) is 26.1 Å². The minimum absolute atomic E-state index is 0.119. The molecule has 4 nitrogen and oxygen atoms in total. The summed E-state index contributed by atoms with van der Waals surface area (Å²) in [5, 5.41) is 4.25. The zero-order valence-corrected chi connectivity index (χ0v) is 12.5. The third kappa shape index (κ3) is 3.35. The molecule has 0 unspecified atom stereocenters. The number of thiophene rings is 1. The van der Waals surface area contributed by atoms with Gasteiger partial charge in [-0.3, -0.25) is 9.69 Å². The zero-order valence-electron chi connectivity index (χ0n) is 11.7. The molecule has 19 heavy (non-hydrogen) atoms. The molecule has 5 heteroatoms. The SMILES string of the molecule is COC(=O)[C@@H]1C[C@H](OC)CN1[C@@H](C)Cc1ccsc1. The molecule has 0 aliphatic carbocycles. The van der Waals surface area contributed by atoms with Crippen LogP contribution in [0.4, 0.5) is 0 Å². The summed E-state index contributed by atoms with van der Waals surface area (Å²) in [5.41, 5.74) is 1.32. The smallest absolute Gasteiger partial charge is 0.323 e. The molecule has 0 bridgehead atoms. The van der Waals surface area contributed by atoms with Crippen LogP contribution in [-0.4, -0.2) is 49.8 Å². The van der Waals surface area contributed by atoms with Gasteiger partial charge in [-0.25, -0.2) is 0 Å². The summed E-state index contributed by atoms with van der Waals surface area (Å²) in [7, 11) is 3.15. The van der Waals surface area contributed by atoms with Crippen molar-refractivity contribution in [2.45, 2.75) is 38.0 Å². The summed E-state index contributed by atoms with van der Waals surface area (Å²) in [6, 6.07) is 2.26. The fraction of sp³-hybridized carbons (Fsp3) is 0.643. The van der Waals surface area contributed by atoms with Gasteiger partial charge in [-0.2, -0.15) is 11.3 Å². The monoisotopic (exact) mass is 283 g/mol. The molecule has 1 saturated heterocycles. The highest BCUT2D eigenvalue weighted by molar-refractivity contribution is 7.07. The molecule has 1 fully saturated rings. The number of nitrogens with zero attached hydrogens (tertiary/aromatic N) is 1. The first-order valence-electron chi connectivity index (χ1n) is 6.53. The minimum atomic E-state index is -0.177. The molecule has 0 aromatic carbocycles. The van der Waals surface area contributed by atoms with Crippen LogP contribution < -0.4 is 0 Å². The van der Waals surface area contributed by atoms with Crippen LogP contribution in [0, 0.1) is 0 Å². The lowest BCUT2D eigenvalue weighted by atomic mass is 10.1. The molecule has 0 saturated carbocycles. The Morgan fingerprint density at radius 1 is 1.58 bits per heavy atom. The minimum Gasteiger partial charge on any atom is -0.468 e. The van der Waals surface area contributed by atoms with E-state index in [9.17, 15) is 4.79 Å². The average Bonchev–Trinajstić information content (AvgIpc) is 3.06. The van der Waals surface area contributed by atoms with Crippen molar-refractivity contribution in [3.8, 4) is 0 Å². The number of ether oxygens (including phenoxy) is 2. The van der Waals surface area contributed by atoms with E-state index in [2.05, 4.69) is 28.7 Å².